The molecule has 3 nitrogen and oxygen atoms in total. The van der Waals surface area contributed by atoms with Gasteiger partial charge in [-0.2, -0.15) is 0 Å². The van der Waals surface area contributed by atoms with Crippen molar-refractivity contribution in [1.82, 2.24) is 9.55 Å². The molecule has 0 fully saturated rings. The maximum atomic E-state index is 11.2. The zero-order valence-corrected chi connectivity index (χ0v) is 8.45. The van der Waals surface area contributed by atoms with E-state index in [0.29, 0.717) is 5.16 Å². The molecule has 66 valence electrons. The fraction of sp³-hybridized carbons (Fsp3) is 0.429. The highest BCUT2D eigenvalue weighted by Gasteiger charge is 2.02. The Kier molecular flexibility index (Phi) is 3.17. The number of rotatable bonds is 2. The third-order valence-electron chi connectivity index (χ3n) is 1.34. The molecule has 0 radical (unpaired) electrons. The lowest BCUT2D eigenvalue weighted by Crippen LogP contribution is -2.18. The Morgan fingerprint density at radius 3 is 3.00 bits per heavy atom. The molecule has 1 aromatic heterocycles. The predicted octanol–water partition coefficient (Wildman–Crippen LogP) is 1.55. The van der Waals surface area contributed by atoms with Crippen LogP contribution in [0.3, 0.4) is 0 Å². The Hall–Kier alpha value is -0.480. The largest absolute Gasteiger partial charge is 0.291 e. The Bertz CT molecular complexity index is 337. The normalized spacial score (nSPS) is 10.2. The zero-order valence-electron chi connectivity index (χ0n) is 6.87. The molecule has 0 aliphatic carbocycles. The van der Waals surface area contributed by atoms with Gasteiger partial charge in [-0.1, -0.05) is 30.3 Å². The monoisotopic (exact) mass is 204 g/mol. The van der Waals surface area contributed by atoms with E-state index in [1.165, 1.54) is 22.4 Å². The maximum absolute atomic E-state index is 11.2. The fourth-order valence-corrected chi connectivity index (χ4v) is 1.68. The summed E-state index contributed by atoms with van der Waals surface area (Å²) in [6, 6.07) is 1.31. The first-order valence-corrected chi connectivity index (χ1v) is 4.88. The first-order valence-electron chi connectivity index (χ1n) is 3.51. The highest BCUT2D eigenvalue weighted by atomic mass is 35.5. The lowest BCUT2D eigenvalue weighted by molar-refractivity contribution is 0.709. The summed E-state index contributed by atoms with van der Waals surface area (Å²) in [7, 11) is 1.68. The van der Waals surface area contributed by atoms with Crippen LogP contribution >= 0.6 is 23.4 Å². The molecule has 0 N–H and O–H groups in total. The van der Waals surface area contributed by atoms with Crippen molar-refractivity contribution in [2.24, 2.45) is 7.05 Å². The van der Waals surface area contributed by atoms with Crippen LogP contribution < -0.4 is 5.56 Å². The van der Waals surface area contributed by atoms with Crippen molar-refractivity contribution in [2.45, 2.75) is 12.1 Å². The van der Waals surface area contributed by atoms with E-state index in [4.69, 9.17) is 11.6 Å². The predicted molar refractivity (Wildman–Crippen MR) is 50.9 cm³/mol. The van der Waals surface area contributed by atoms with Crippen LogP contribution in [0.25, 0.3) is 0 Å². The summed E-state index contributed by atoms with van der Waals surface area (Å²) >= 11 is 7.12. The van der Waals surface area contributed by atoms with Gasteiger partial charge in [-0.15, -0.1) is 0 Å². The number of hydrogen-bond donors (Lipinski definition) is 0. The molecule has 0 saturated heterocycles. The van der Waals surface area contributed by atoms with Crippen LogP contribution in [-0.4, -0.2) is 15.3 Å². The molecule has 0 unspecified atom stereocenters. The molecular weight excluding hydrogens is 196 g/mol. The van der Waals surface area contributed by atoms with Gasteiger partial charge in [0.25, 0.3) is 5.56 Å². The van der Waals surface area contributed by atoms with Crippen LogP contribution in [0.1, 0.15) is 6.92 Å². The number of halogens is 1. The van der Waals surface area contributed by atoms with E-state index in [2.05, 4.69) is 4.98 Å². The van der Waals surface area contributed by atoms with Gasteiger partial charge in [0.2, 0.25) is 0 Å². The molecule has 0 spiro atoms. The molecule has 1 aromatic rings. The van der Waals surface area contributed by atoms with E-state index < -0.39 is 0 Å². The van der Waals surface area contributed by atoms with Crippen molar-refractivity contribution in [1.29, 1.82) is 0 Å². The van der Waals surface area contributed by atoms with Crippen molar-refractivity contribution in [3.8, 4) is 0 Å². The lowest BCUT2D eigenvalue weighted by Gasteiger charge is -2.03. The first-order chi connectivity index (χ1) is 5.65. The van der Waals surface area contributed by atoms with E-state index in [0.717, 1.165) is 5.75 Å². The highest BCUT2D eigenvalue weighted by molar-refractivity contribution is 7.99. The molecule has 5 heteroatoms. The Balaban J connectivity index is 3.18. The summed E-state index contributed by atoms with van der Waals surface area (Å²) < 4.78 is 1.49. The van der Waals surface area contributed by atoms with Gasteiger partial charge in [-0.25, -0.2) is 4.98 Å². The van der Waals surface area contributed by atoms with E-state index >= 15 is 0 Å². The van der Waals surface area contributed by atoms with Crippen LogP contribution in [0.2, 0.25) is 5.15 Å². The minimum absolute atomic E-state index is 0.119. The summed E-state index contributed by atoms with van der Waals surface area (Å²) in [5, 5.41) is 0.920. The van der Waals surface area contributed by atoms with Gasteiger partial charge in [-0.05, 0) is 5.75 Å². The van der Waals surface area contributed by atoms with Gasteiger partial charge >= 0.3 is 0 Å². The first kappa shape index (κ1) is 9.61. The summed E-state index contributed by atoms with van der Waals surface area (Å²) in [6.45, 7) is 2.00. The minimum Gasteiger partial charge on any atom is -0.291 e. The van der Waals surface area contributed by atoms with Crippen molar-refractivity contribution in [2.75, 3.05) is 5.75 Å². The standard InChI is InChI=1S/C7H9ClN2OS/c1-3-12-7-9-5(8)4-6(11)10(7)2/h4H,3H2,1-2H3. The van der Waals surface area contributed by atoms with Gasteiger partial charge in [0.15, 0.2) is 5.16 Å². The third kappa shape index (κ3) is 2.01. The second-order valence-corrected chi connectivity index (χ2v) is 3.81. The second-order valence-electron chi connectivity index (χ2n) is 2.19. The molecule has 0 bridgehead atoms. The summed E-state index contributed by atoms with van der Waals surface area (Å²) in [5.41, 5.74) is -0.119. The molecule has 0 amide bonds. The Labute approximate surface area is 79.8 Å². The smallest absolute Gasteiger partial charge is 0.255 e. The lowest BCUT2D eigenvalue weighted by atomic mass is 10.6. The average Bonchev–Trinajstić information content (AvgIpc) is 2.00. The maximum Gasteiger partial charge on any atom is 0.255 e. The number of thioether (sulfide) groups is 1. The molecular formula is C7H9ClN2OS. The Morgan fingerprint density at radius 1 is 1.75 bits per heavy atom. The molecule has 0 aliphatic heterocycles. The number of hydrogen-bond acceptors (Lipinski definition) is 3. The van der Waals surface area contributed by atoms with E-state index in [9.17, 15) is 4.79 Å². The van der Waals surface area contributed by atoms with Crippen LogP contribution in [0, 0.1) is 0 Å². The average molecular weight is 205 g/mol. The van der Waals surface area contributed by atoms with Gasteiger partial charge < -0.3 is 0 Å². The van der Waals surface area contributed by atoms with E-state index in [1.807, 2.05) is 6.92 Å². The van der Waals surface area contributed by atoms with Crippen LogP contribution in [0.5, 0.6) is 0 Å². The van der Waals surface area contributed by atoms with Crippen molar-refractivity contribution < 1.29 is 0 Å². The minimum atomic E-state index is -0.119. The van der Waals surface area contributed by atoms with E-state index in [-0.39, 0.29) is 10.7 Å². The van der Waals surface area contributed by atoms with Crippen molar-refractivity contribution in [3.63, 3.8) is 0 Å². The Morgan fingerprint density at radius 2 is 2.42 bits per heavy atom. The van der Waals surface area contributed by atoms with Crippen LogP contribution in [-0.2, 0) is 7.05 Å². The number of nitrogens with zero attached hydrogens (tertiary/aromatic N) is 2. The second kappa shape index (κ2) is 3.96. The summed E-state index contributed by atoms with van der Waals surface area (Å²) in [4.78, 5) is 15.2. The van der Waals surface area contributed by atoms with Gasteiger partial charge in [0, 0.05) is 13.1 Å². The zero-order chi connectivity index (χ0) is 9.14. The van der Waals surface area contributed by atoms with E-state index in [1.54, 1.807) is 7.05 Å². The van der Waals surface area contributed by atoms with Gasteiger partial charge in [0.1, 0.15) is 5.15 Å². The molecule has 0 saturated carbocycles. The van der Waals surface area contributed by atoms with Crippen molar-refractivity contribution in [3.05, 3.63) is 21.6 Å². The molecule has 1 heterocycles. The third-order valence-corrected chi connectivity index (χ3v) is 2.44. The summed E-state index contributed by atoms with van der Waals surface area (Å²) in [6.07, 6.45) is 0. The quantitative estimate of drug-likeness (QED) is 0.417. The topological polar surface area (TPSA) is 34.9 Å². The number of aromatic nitrogens is 2. The molecule has 0 atom stereocenters. The van der Waals surface area contributed by atoms with Crippen molar-refractivity contribution >= 4 is 23.4 Å². The molecule has 1 rings (SSSR count). The van der Waals surface area contributed by atoms with Gasteiger partial charge in [-0.3, -0.25) is 9.36 Å². The van der Waals surface area contributed by atoms with Crippen LogP contribution in [0.4, 0.5) is 0 Å². The molecule has 0 aromatic carbocycles. The summed E-state index contributed by atoms with van der Waals surface area (Å²) in [5.74, 6) is 0.876. The van der Waals surface area contributed by atoms with Gasteiger partial charge in [0.05, 0.1) is 0 Å². The molecule has 12 heavy (non-hydrogen) atoms. The molecule has 0 aliphatic rings. The highest BCUT2D eigenvalue weighted by Crippen LogP contribution is 2.13. The SMILES string of the molecule is CCSc1nc(Cl)cc(=O)n1C. The fourth-order valence-electron chi connectivity index (χ4n) is 0.750. The van der Waals surface area contributed by atoms with Crippen LogP contribution in [0.15, 0.2) is 16.0 Å².